The molecule has 0 aliphatic heterocycles. The summed E-state index contributed by atoms with van der Waals surface area (Å²) in [7, 11) is 1.94. The third kappa shape index (κ3) is 2.79. The molecule has 2 rings (SSSR count). The molecule has 0 atom stereocenters. The van der Waals surface area contributed by atoms with Crippen molar-refractivity contribution in [1.82, 2.24) is 9.47 Å². The summed E-state index contributed by atoms with van der Waals surface area (Å²) in [6.07, 6.45) is 7.84. The lowest BCUT2D eigenvalue weighted by atomic mass is 10.2. The minimum atomic E-state index is 0.154. The van der Waals surface area contributed by atoms with Crippen LogP contribution in [-0.4, -0.2) is 28.5 Å². The molecule has 4 heteroatoms. The van der Waals surface area contributed by atoms with Gasteiger partial charge in [0, 0.05) is 30.3 Å². The molecule has 1 aromatic heterocycles. The zero-order valence-electron chi connectivity index (χ0n) is 11.2. The maximum atomic E-state index is 12.5. The van der Waals surface area contributed by atoms with Gasteiger partial charge in [0.2, 0.25) is 0 Å². The maximum Gasteiger partial charge on any atom is 0.270 e. The van der Waals surface area contributed by atoms with Crippen molar-refractivity contribution in [2.45, 2.75) is 51.6 Å². The second-order valence-electron chi connectivity index (χ2n) is 5.09. The maximum absolute atomic E-state index is 12.5. The van der Waals surface area contributed by atoms with Crippen LogP contribution in [0.25, 0.3) is 0 Å². The largest absolute Gasteiger partial charge is 0.342 e. The zero-order valence-corrected chi connectivity index (χ0v) is 12.7. The standard InChI is InChI=1S/C14H21BrN2O/c1-3-8-17-10-11(15)9-13(17)14(18)16(2)12-6-4-5-7-12/h9-10,12H,3-8H2,1-2H3. The number of nitrogens with zero attached hydrogens (tertiary/aromatic N) is 2. The van der Waals surface area contributed by atoms with Gasteiger partial charge in [0.15, 0.2) is 0 Å². The summed E-state index contributed by atoms with van der Waals surface area (Å²) in [5.41, 5.74) is 0.804. The number of hydrogen-bond donors (Lipinski definition) is 0. The lowest BCUT2D eigenvalue weighted by Crippen LogP contribution is -2.36. The summed E-state index contributed by atoms with van der Waals surface area (Å²) in [4.78, 5) is 14.5. The summed E-state index contributed by atoms with van der Waals surface area (Å²) in [6.45, 7) is 3.02. The molecule has 1 amide bonds. The third-order valence-corrected chi connectivity index (χ3v) is 4.17. The molecule has 3 nitrogen and oxygen atoms in total. The number of amides is 1. The van der Waals surface area contributed by atoms with Gasteiger partial charge in [-0.15, -0.1) is 0 Å². The Bertz CT molecular complexity index is 421. The summed E-state index contributed by atoms with van der Waals surface area (Å²) in [6, 6.07) is 2.37. The number of carbonyl (C=O) groups excluding carboxylic acids is 1. The predicted molar refractivity (Wildman–Crippen MR) is 76.8 cm³/mol. The van der Waals surface area contributed by atoms with Crippen molar-refractivity contribution in [3.63, 3.8) is 0 Å². The normalized spacial score (nSPS) is 16.2. The first-order chi connectivity index (χ1) is 8.63. The van der Waals surface area contributed by atoms with E-state index >= 15 is 0 Å². The average molecular weight is 313 g/mol. The Labute approximate surface area is 117 Å². The van der Waals surface area contributed by atoms with E-state index in [9.17, 15) is 4.79 Å². The highest BCUT2D eigenvalue weighted by atomic mass is 79.9. The van der Waals surface area contributed by atoms with E-state index in [1.165, 1.54) is 12.8 Å². The fourth-order valence-electron chi connectivity index (χ4n) is 2.72. The second kappa shape index (κ2) is 5.91. The molecule has 0 spiro atoms. The van der Waals surface area contributed by atoms with Crippen LogP contribution in [-0.2, 0) is 6.54 Å². The molecule has 0 unspecified atom stereocenters. The minimum absolute atomic E-state index is 0.154. The SMILES string of the molecule is CCCn1cc(Br)cc1C(=O)N(C)C1CCCC1. The van der Waals surface area contributed by atoms with E-state index in [0.29, 0.717) is 6.04 Å². The summed E-state index contributed by atoms with van der Waals surface area (Å²) in [5.74, 6) is 0.154. The Balaban J connectivity index is 2.16. The molecule has 18 heavy (non-hydrogen) atoms. The smallest absolute Gasteiger partial charge is 0.270 e. The lowest BCUT2D eigenvalue weighted by molar-refractivity contribution is 0.0724. The number of rotatable bonds is 4. The van der Waals surface area contributed by atoms with Crippen molar-refractivity contribution in [3.05, 3.63) is 22.4 Å². The van der Waals surface area contributed by atoms with Gasteiger partial charge >= 0.3 is 0 Å². The first kappa shape index (κ1) is 13.7. The van der Waals surface area contributed by atoms with Gasteiger partial charge in [-0.3, -0.25) is 4.79 Å². The van der Waals surface area contributed by atoms with Crippen LogP contribution < -0.4 is 0 Å². The molecule has 1 aromatic rings. The third-order valence-electron chi connectivity index (χ3n) is 3.74. The van der Waals surface area contributed by atoms with Crippen LogP contribution in [0.3, 0.4) is 0 Å². The Kier molecular flexibility index (Phi) is 4.49. The van der Waals surface area contributed by atoms with E-state index in [-0.39, 0.29) is 5.91 Å². The summed E-state index contributed by atoms with van der Waals surface area (Å²) in [5, 5.41) is 0. The molecule has 0 bridgehead atoms. The number of halogens is 1. The van der Waals surface area contributed by atoms with Gasteiger partial charge < -0.3 is 9.47 Å². The number of carbonyl (C=O) groups is 1. The van der Waals surface area contributed by atoms with E-state index in [0.717, 1.165) is 36.0 Å². The van der Waals surface area contributed by atoms with Crippen molar-refractivity contribution < 1.29 is 4.79 Å². The van der Waals surface area contributed by atoms with Crippen molar-refractivity contribution in [1.29, 1.82) is 0 Å². The van der Waals surface area contributed by atoms with Crippen LogP contribution in [0.5, 0.6) is 0 Å². The van der Waals surface area contributed by atoms with Gasteiger partial charge in [0.05, 0.1) is 0 Å². The molecule has 100 valence electrons. The summed E-state index contributed by atoms with van der Waals surface area (Å²) >= 11 is 3.46. The van der Waals surface area contributed by atoms with Crippen LogP contribution in [0.1, 0.15) is 49.5 Å². The van der Waals surface area contributed by atoms with Crippen molar-refractivity contribution >= 4 is 21.8 Å². The molecule has 0 radical (unpaired) electrons. The molecular formula is C14H21BrN2O. The first-order valence-electron chi connectivity index (χ1n) is 6.76. The molecule has 1 saturated carbocycles. The van der Waals surface area contributed by atoms with E-state index < -0.39 is 0 Å². The Morgan fingerprint density at radius 1 is 1.50 bits per heavy atom. The molecular weight excluding hydrogens is 292 g/mol. The Morgan fingerprint density at radius 3 is 2.78 bits per heavy atom. The molecule has 1 fully saturated rings. The Morgan fingerprint density at radius 2 is 2.17 bits per heavy atom. The second-order valence-corrected chi connectivity index (χ2v) is 6.01. The highest BCUT2D eigenvalue weighted by Gasteiger charge is 2.26. The van der Waals surface area contributed by atoms with Gasteiger partial charge in [-0.1, -0.05) is 19.8 Å². The van der Waals surface area contributed by atoms with E-state index in [2.05, 4.69) is 27.4 Å². The lowest BCUT2D eigenvalue weighted by Gasteiger charge is -2.24. The molecule has 0 aromatic carbocycles. The van der Waals surface area contributed by atoms with Gasteiger partial charge in [-0.25, -0.2) is 0 Å². The first-order valence-corrected chi connectivity index (χ1v) is 7.55. The Hall–Kier alpha value is -0.770. The van der Waals surface area contributed by atoms with Crippen molar-refractivity contribution in [3.8, 4) is 0 Å². The topological polar surface area (TPSA) is 25.2 Å². The minimum Gasteiger partial charge on any atom is -0.342 e. The molecule has 1 aliphatic carbocycles. The van der Waals surface area contributed by atoms with Crippen LogP contribution in [0.4, 0.5) is 0 Å². The highest BCUT2D eigenvalue weighted by Crippen LogP contribution is 2.25. The zero-order chi connectivity index (χ0) is 13.1. The number of hydrogen-bond acceptors (Lipinski definition) is 1. The molecule has 1 heterocycles. The summed E-state index contributed by atoms with van der Waals surface area (Å²) < 4.78 is 3.04. The van der Waals surface area contributed by atoms with Crippen LogP contribution >= 0.6 is 15.9 Å². The van der Waals surface area contributed by atoms with Crippen molar-refractivity contribution in [2.75, 3.05) is 7.05 Å². The molecule has 1 aliphatic rings. The predicted octanol–water partition coefficient (Wildman–Crippen LogP) is 3.68. The number of aryl methyl sites for hydroxylation is 1. The van der Waals surface area contributed by atoms with Gasteiger partial charge in [0.1, 0.15) is 5.69 Å². The quantitative estimate of drug-likeness (QED) is 0.832. The van der Waals surface area contributed by atoms with Gasteiger partial charge in [-0.05, 0) is 41.3 Å². The van der Waals surface area contributed by atoms with E-state index in [4.69, 9.17) is 0 Å². The van der Waals surface area contributed by atoms with Gasteiger partial charge in [-0.2, -0.15) is 0 Å². The highest BCUT2D eigenvalue weighted by molar-refractivity contribution is 9.10. The monoisotopic (exact) mass is 312 g/mol. The fourth-order valence-corrected chi connectivity index (χ4v) is 3.18. The van der Waals surface area contributed by atoms with Crippen molar-refractivity contribution in [2.24, 2.45) is 0 Å². The average Bonchev–Trinajstić information content (AvgIpc) is 2.97. The van der Waals surface area contributed by atoms with Crippen LogP contribution in [0.2, 0.25) is 0 Å². The van der Waals surface area contributed by atoms with Crippen LogP contribution in [0.15, 0.2) is 16.7 Å². The number of aromatic nitrogens is 1. The molecule has 0 N–H and O–H groups in total. The fraction of sp³-hybridized carbons (Fsp3) is 0.643. The van der Waals surface area contributed by atoms with Crippen LogP contribution in [0, 0.1) is 0 Å². The van der Waals surface area contributed by atoms with E-state index in [1.807, 2.05) is 24.2 Å². The molecule has 0 saturated heterocycles. The van der Waals surface area contributed by atoms with E-state index in [1.54, 1.807) is 0 Å². The van der Waals surface area contributed by atoms with Gasteiger partial charge in [0.25, 0.3) is 5.91 Å².